The van der Waals surface area contributed by atoms with Gasteiger partial charge in [0, 0.05) is 25.7 Å². The third kappa shape index (κ3) is 9.83. The molecule has 1 rings (SSSR count). The average molecular weight is 495 g/mol. The van der Waals surface area contributed by atoms with Gasteiger partial charge in [0.1, 0.15) is 11.4 Å². The molecule has 27 heavy (non-hydrogen) atoms. The molecule has 0 spiro atoms. The summed E-state index contributed by atoms with van der Waals surface area (Å²) >= 11 is 0. The van der Waals surface area contributed by atoms with Crippen LogP contribution in [0.1, 0.15) is 51.6 Å². The molecule has 1 amide bonds. The van der Waals surface area contributed by atoms with Gasteiger partial charge in [0.05, 0.1) is 11.2 Å². The summed E-state index contributed by atoms with van der Waals surface area (Å²) in [5.41, 5.74) is 1.00. The molecule has 156 valence electrons. The van der Waals surface area contributed by atoms with Crippen LogP contribution in [0.3, 0.4) is 0 Å². The lowest BCUT2D eigenvalue weighted by Crippen LogP contribution is -2.54. The van der Waals surface area contributed by atoms with Crippen LogP contribution in [0.4, 0.5) is 4.79 Å². The monoisotopic (exact) mass is 495 g/mol. The number of halogens is 1. The van der Waals surface area contributed by atoms with E-state index < -0.39 is 17.2 Å². The summed E-state index contributed by atoms with van der Waals surface area (Å²) < 4.78 is 10.5. The number of guanidine groups is 1. The van der Waals surface area contributed by atoms with E-state index in [4.69, 9.17) is 9.26 Å². The van der Waals surface area contributed by atoms with Crippen molar-refractivity contribution in [2.45, 2.75) is 66.0 Å². The first-order chi connectivity index (χ1) is 11.9. The van der Waals surface area contributed by atoms with Crippen molar-refractivity contribution in [3.05, 3.63) is 17.0 Å². The smallest absolute Gasteiger partial charge is 0.408 e. The zero-order chi connectivity index (χ0) is 20.0. The van der Waals surface area contributed by atoms with E-state index in [2.05, 4.69) is 26.1 Å². The fourth-order valence-electron chi connectivity index (χ4n) is 2.31. The highest BCUT2D eigenvalue weighted by molar-refractivity contribution is 14.0. The summed E-state index contributed by atoms with van der Waals surface area (Å²) in [4.78, 5) is 16.1. The van der Waals surface area contributed by atoms with Gasteiger partial charge in [-0.3, -0.25) is 4.99 Å². The number of alkyl carbamates (subject to hydrolysis) is 1. The highest BCUT2D eigenvalue weighted by Crippen LogP contribution is 2.12. The van der Waals surface area contributed by atoms with Crippen molar-refractivity contribution in [1.82, 2.24) is 21.1 Å². The van der Waals surface area contributed by atoms with Crippen LogP contribution < -0.4 is 16.0 Å². The Balaban J connectivity index is 0.00000676. The largest absolute Gasteiger partial charge is 0.444 e. The predicted octanol–water partition coefficient (Wildman–Crippen LogP) is 2.92. The molecule has 0 saturated heterocycles. The Bertz CT molecular complexity index is 616. The number of ether oxygens (including phenoxy) is 1. The summed E-state index contributed by atoms with van der Waals surface area (Å²) in [6, 6.07) is 0. The lowest BCUT2D eigenvalue weighted by atomic mass is 10.1. The van der Waals surface area contributed by atoms with Crippen LogP contribution in [0.15, 0.2) is 9.52 Å². The SMILES string of the molecule is CN=C(NCCc1c(C)noc1C)NCC(C)(C)NC(=O)OC(C)(C)C.I. The number of hydrogen-bond donors (Lipinski definition) is 3. The molecule has 1 aromatic heterocycles. The minimum absolute atomic E-state index is 0. The molecule has 1 heterocycles. The van der Waals surface area contributed by atoms with E-state index in [0.29, 0.717) is 19.0 Å². The van der Waals surface area contributed by atoms with Crippen LogP contribution in [0.5, 0.6) is 0 Å². The molecule has 0 unspecified atom stereocenters. The summed E-state index contributed by atoms with van der Waals surface area (Å²) in [7, 11) is 1.71. The first-order valence-electron chi connectivity index (χ1n) is 8.81. The Hall–Kier alpha value is -1.52. The van der Waals surface area contributed by atoms with Crippen molar-refractivity contribution in [2.24, 2.45) is 4.99 Å². The Morgan fingerprint density at radius 1 is 1.19 bits per heavy atom. The molecule has 0 radical (unpaired) electrons. The van der Waals surface area contributed by atoms with Gasteiger partial charge in [-0.15, -0.1) is 24.0 Å². The van der Waals surface area contributed by atoms with Gasteiger partial charge in [-0.2, -0.15) is 0 Å². The van der Waals surface area contributed by atoms with Crippen LogP contribution >= 0.6 is 24.0 Å². The normalized spacial score (nSPS) is 12.2. The number of aryl methyl sites for hydroxylation is 2. The number of nitrogens with one attached hydrogen (secondary N) is 3. The molecule has 0 saturated carbocycles. The fraction of sp³-hybridized carbons (Fsp3) is 0.722. The molecule has 0 bridgehead atoms. The molecule has 8 nitrogen and oxygen atoms in total. The van der Waals surface area contributed by atoms with Gasteiger partial charge in [0.25, 0.3) is 0 Å². The van der Waals surface area contributed by atoms with E-state index in [-0.39, 0.29) is 24.0 Å². The maximum Gasteiger partial charge on any atom is 0.408 e. The van der Waals surface area contributed by atoms with Crippen molar-refractivity contribution in [3.8, 4) is 0 Å². The number of carbonyl (C=O) groups excluding carboxylic acids is 1. The van der Waals surface area contributed by atoms with Crippen molar-refractivity contribution in [2.75, 3.05) is 20.1 Å². The van der Waals surface area contributed by atoms with Crippen molar-refractivity contribution >= 4 is 36.0 Å². The number of aliphatic imine (C=N–C) groups is 1. The Labute approximate surface area is 179 Å². The second-order valence-electron chi connectivity index (χ2n) is 7.92. The Morgan fingerprint density at radius 3 is 2.30 bits per heavy atom. The van der Waals surface area contributed by atoms with Gasteiger partial charge in [-0.25, -0.2) is 4.79 Å². The van der Waals surface area contributed by atoms with Gasteiger partial charge in [0.15, 0.2) is 5.96 Å². The molecule has 0 aliphatic heterocycles. The fourth-order valence-corrected chi connectivity index (χ4v) is 2.31. The molecule has 0 aliphatic rings. The summed E-state index contributed by atoms with van der Waals surface area (Å²) in [6.45, 7) is 14.4. The second-order valence-corrected chi connectivity index (χ2v) is 7.92. The average Bonchev–Trinajstić information content (AvgIpc) is 2.79. The molecular weight excluding hydrogens is 461 g/mol. The minimum Gasteiger partial charge on any atom is -0.444 e. The van der Waals surface area contributed by atoms with Crippen molar-refractivity contribution in [1.29, 1.82) is 0 Å². The van der Waals surface area contributed by atoms with Gasteiger partial charge < -0.3 is 25.2 Å². The first kappa shape index (κ1) is 25.5. The van der Waals surface area contributed by atoms with Crippen LogP contribution in [0.25, 0.3) is 0 Å². The number of aromatic nitrogens is 1. The molecule has 0 aromatic carbocycles. The standard InChI is InChI=1S/C18H33N5O3.HI/c1-12-14(13(2)26-23-12)9-10-20-15(19-8)21-11-18(6,7)22-16(24)25-17(3,4)5;/h9-11H2,1-8H3,(H,22,24)(H2,19,20,21);1H. The predicted molar refractivity (Wildman–Crippen MR) is 118 cm³/mol. The molecular formula is C18H34IN5O3. The lowest BCUT2D eigenvalue weighted by molar-refractivity contribution is 0.0474. The van der Waals surface area contributed by atoms with Crippen LogP contribution in [0.2, 0.25) is 0 Å². The second kappa shape index (κ2) is 10.7. The number of amides is 1. The lowest BCUT2D eigenvalue weighted by Gasteiger charge is -2.29. The highest BCUT2D eigenvalue weighted by atomic mass is 127. The molecule has 0 atom stereocenters. The molecule has 9 heteroatoms. The van der Waals surface area contributed by atoms with E-state index in [0.717, 1.165) is 23.4 Å². The van der Waals surface area contributed by atoms with Gasteiger partial charge in [0.2, 0.25) is 0 Å². The third-order valence-corrected chi connectivity index (χ3v) is 3.61. The summed E-state index contributed by atoms with van der Waals surface area (Å²) in [6.07, 6.45) is 0.354. The Morgan fingerprint density at radius 2 is 1.81 bits per heavy atom. The van der Waals surface area contributed by atoms with Crippen LogP contribution in [0, 0.1) is 13.8 Å². The van der Waals surface area contributed by atoms with E-state index >= 15 is 0 Å². The van der Waals surface area contributed by atoms with Gasteiger partial charge >= 0.3 is 6.09 Å². The zero-order valence-electron chi connectivity index (χ0n) is 17.6. The van der Waals surface area contributed by atoms with Crippen LogP contribution in [-0.4, -0.2) is 48.5 Å². The third-order valence-electron chi connectivity index (χ3n) is 3.61. The van der Waals surface area contributed by atoms with Gasteiger partial charge in [-0.05, 0) is 54.9 Å². The minimum atomic E-state index is -0.524. The number of nitrogens with zero attached hydrogens (tertiary/aromatic N) is 2. The number of hydrogen-bond acceptors (Lipinski definition) is 5. The first-order valence-corrected chi connectivity index (χ1v) is 8.81. The van der Waals surface area contributed by atoms with E-state index in [1.165, 1.54) is 0 Å². The highest BCUT2D eigenvalue weighted by Gasteiger charge is 2.24. The summed E-state index contributed by atoms with van der Waals surface area (Å²) in [5.74, 6) is 1.51. The topological polar surface area (TPSA) is 101 Å². The maximum atomic E-state index is 11.9. The number of carbonyl (C=O) groups is 1. The zero-order valence-corrected chi connectivity index (χ0v) is 20.0. The van der Waals surface area contributed by atoms with E-state index in [1.807, 2.05) is 48.5 Å². The maximum absolute atomic E-state index is 11.9. The van der Waals surface area contributed by atoms with Crippen molar-refractivity contribution < 1.29 is 14.1 Å². The van der Waals surface area contributed by atoms with E-state index in [9.17, 15) is 4.79 Å². The molecule has 1 aromatic rings. The van der Waals surface area contributed by atoms with E-state index in [1.54, 1.807) is 7.05 Å². The quantitative estimate of drug-likeness (QED) is 0.319. The number of rotatable bonds is 6. The molecule has 3 N–H and O–H groups in total. The van der Waals surface area contributed by atoms with Gasteiger partial charge in [-0.1, -0.05) is 5.16 Å². The molecule has 0 fully saturated rings. The summed E-state index contributed by atoms with van der Waals surface area (Å²) in [5, 5.41) is 13.3. The van der Waals surface area contributed by atoms with Crippen LogP contribution in [-0.2, 0) is 11.2 Å². The van der Waals surface area contributed by atoms with Crippen molar-refractivity contribution in [3.63, 3.8) is 0 Å². The Kier molecular flexibility index (Phi) is 10.1. The molecule has 0 aliphatic carbocycles.